The maximum absolute atomic E-state index is 5.24. The number of anilines is 1. The van der Waals surface area contributed by atoms with Crippen molar-refractivity contribution in [2.24, 2.45) is 0 Å². The van der Waals surface area contributed by atoms with E-state index in [1.54, 1.807) is 7.11 Å². The second-order valence-corrected chi connectivity index (χ2v) is 5.13. The summed E-state index contributed by atoms with van der Waals surface area (Å²) in [6.07, 6.45) is 0. The first kappa shape index (κ1) is 14.4. The third-order valence-corrected chi connectivity index (χ3v) is 3.39. The summed E-state index contributed by atoms with van der Waals surface area (Å²) in [5.74, 6) is 0. The zero-order valence-electron chi connectivity index (χ0n) is 10.2. The second kappa shape index (κ2) is 6.93. The van der Waals surface area contributed by atoms with Gasteiger partial charge in [0.05, 0.1) is 6.61 Å². The molecule has 0 saturated heterocycles. The van der Waals surface area contributed by atoms with Gasteiger partial charge in [0.25, 0.3) is 0 Å². The predicted molar refractivity (Wildman–Crippen MR) is 79.6 cm³/mol. The van der Waals surface area contributed by atoms with E-state index in [9.17, 15) is 0 Å². The van der Waals surface area contributed by atoms with E-state index in [2.05, 4.69) is 26.6 Å². The molecule has 0 aliphatic rings. The van der Waals surface area contributed by atoms with Crippen molar-refractivity contribution in [3.05, 3.63) is 28.2 Å². The fourth-order valence-electron chi connectivity index (χ4n) is 1.42. The Balaban J connectivity index is 2.59. The third-order valence-electron chi connectivity index (χ3n) is 2.31. The molecule has 0 radical (unpaired) electrons. The first-order valence-corrected chi connectivity index (χ1v) is 6.56. The van der Waals surface area contributed by atoms with Crippen LogP contribution in [-0.4, -0.2) is 24.9 Å². The van der Waals surface area contributed by atoms with Crippen LogP contribution >= 0.6 is 28.1 Å². The molecule has 17 heavy (non-hydrogen) atoms. The van der Waals surface area contributed by atoms with Crippen LogP contribution in [0.15, 0.2) is 22.7 Å². The highest BCUT2D eigenvalue weighted by Gasteiger charge is 2.06. The van der Waals surface area contributed by atoms with Gasteiger partial charge in [-0.15, -0.1) is 0 Å². The highest BCUT2D eigenvalue weighted by molar-refractivity contribution is 9.10. The summed E-state index contributed by atoms with van der Waals surface area (Å²) in [6, 6.07) is 6.16. The van der Waals surface area contributed by atoms with Crippen molar-refractivity contribution in [3.8, 4) is 0 Å². The number of halogens is 1. The van der Waals surface area contributed by atoms with Gasteiger partial charge in [-0.1, -0.05) is 22.0 Å². The number of thiocarbonyl (C=S) groups is 1. The molecule has 1 atom stereocenters. The molecule has 0 spiro atoms. The molecule has 0 amide bonds. The third kappa shape index (κ3) is 4.61. The van der Waals surface area contributed by atoms with Crippen molar-refractivity contribution in [2.75, 3.05) is 19.0 Å². The minimum absolute atomic E-state index is 0.187. The Morgan fingerprint density at radius 1 is 1.53 bits per heavy atom. The van der Waals surface area contributed by atoms with Crippen LogP contribution in [0.4, 0.5) is 5.69 Å². The molecule has 1 aromatic rings. The first-order valence-electron chi connectivity index (χ1n) is 5.36. The number of ether oxygens (including phenoxy) is 1. The van der Waals surface area contributed by atoms with Crippen molar-refractivity contribution in [3.63, 3.8) is 0 Å². The molecule has 1 unspecified atom stereocenters. The van der Waals surface area contributed by atoms with Gasteiger partial charge >= 0.3 is 0 Å². The van der Waals surface area contributed by atoms with Crippen molar-refractivity contribution >= 4 is 38.9 Å². The van der Waals surface area contributed by atoms with E-state index in [0.717, 1.165) is 15.7 Å². The van der Waals surface area contributed by atoms with Crippen LogP contribution in [0.3, 0.4) is 0 Å². The van der Waals surface area contributed by atoms with Crippen LogP contribution in [-0.2, 0) is 4.74 Å². The highest BCUT2D eigenvalue weighted by Crippen LogP contribution is 2.23. The van der Waals surface area contributed by atoms with Gasteiger partial charge in [0, 0.05) is 23.3 Å². The lowest BCUT2D eigenvalue weighted by Gasteiger charge is -2.17. The molecule has 0 heterocycles. The van der Waals surface area contributed by atoms with Crippen molar-refractivity contribution in [2.45, 2.75) is 19.9 Å². The Labute approximate surface area is 116 Å². The van der Waals surface area contributed by atoms with E-state index < -0.39 is 0 Å². The number of hydrogen-bond donors (Lipinski definition) is 2. The Hall–Kier alpha value is -0.650. The molecule has 2 N–H and O–H groups in total. The van der Waals surface area contributed by atoms with Crippen LogP contribution < -0.4 is 10.6 Å². The molecule has 1 rings (SSSR count). The fourth-order valence-corrected chi connectivity index (χ4v) is 2.09. The summed E-state index contributed by atoms with van der Waals surface area (Å²) >= 11 is 8.72. The summed E-state index contributed by atoms with van der Waals surface area (Å²) in [5, 5.41) is 6.94. The van der Waals surface area contributed by atoms with E-state index in [1.165, 1.54) is 0 Å². The van der Waals surface area contributed by atoms with Crippen molar-refractivity contribution in [1.82, 2.24) is 5.32 Å². The minimum Gasteiger partial charge on any atom is -0.383 e. The molecule has 0 saturated carbocycles. The van der Waals surface area contributed by atoms with Gasteiger partial charge in [-0.05, 0) is 43.8 Å². The number of methoxy groups -OCH3 is 1. The monoisotopic (exact) mass is 316 g/mol. The Kier molecular flexibility index (Phi) is 5.88. The van der Waals surface area contributed by atoms with Crippen LogP contribution in [0.25, 0.3) is 0 Å². The molecule has 94 valence electrons. The SMILES string of the molecule is COCC(C)NC(=S)Nc1cccc(Br)c1C. The quantitative estimate of drug-likeness (QED) is 0.836. The van der Waals surface area contributed by atoms with Gasteiger partial charge in [-0.25, -0.2) is 0 Å². The summed E-state index contributed by atoms with van der Waals surface area (Å²) in [6.45, 7) is 4.68. The Morgan fingerprint density at radius 2 is 2.24 bits per heavy atom. The lowest BCUT2D eigenvalue weighted by molar-refractivity contribution is 0.179. The normalized spacial score (nSPS) is 12.0. The smallest absolute Gasteiger partial charge is 0.171 e. The zero-order valence-corrected chi connectivity index (χ0v) is 12.6. The van der Waals surface area contributed by atoms with Gasteiger partial charge in [0.15, 0.2) is 5.11 Å². The van der Waals surface area contributed by atoms with Gasteiger partial charge in [0.1, 0.15) is 0 Å². The number of benzene rings is 1. The maximum atomic E-state index is 5.24. The largest absolute Gasteiger partial charge is 0.383 e. The number of hydrogen-bond acceptors (Lipinski definition) is 2. The lowest BCUT2D eigenvalue weighted by Crippen LogP contribution is -2.38. The summed E-state index contributed by atoms with van der Waals surface area (Å²) in [7, 11) is 1.67. The molecule has 5 heteroatoms. The van der Waals surface area contributed by atoms with E-state index in [0.29, 0.717) is 11.7 Å². The van der Waals surface area contributed by atoms with E-state index >= 15 is 0 Å². The fraction of sp³-hybridized carbons (Fsp3) is 0.417. The molecule has 0 aliphatic carbocycles. The van der Waals surface area contributed by atoms with Gasteiger partial charge in [-0.3, -0.25) is 0 Å². The summed E-state index contributed by atoms with van der Waals surface area (Å²) in [4.78, 5) is 0. The lowest BCUT2D eigenvalue weighted by atomic mass is 10.2. The molecule has 0 aromatic heterocycles. The average Bonchev–Trinajstić information content (AvgIpc) is 2.25. The number of nitrogens with one attached hydrogen (secondary N) is 2. The summed E-state index contributed by atoms with van der Waals surface area (Å²) < 4.78 is 6.11. The van der Waals surface area contributed by atoms with E-state index in [-0.39, 0.29) is 6.04 Å². The maximum Gasteiger partial charge on any atom is 0.171 e. The van der Waals surface area contributed by atoms with E-state index in [4.69, 9.17) is 17.0 Å². The molecular weight excluding hydrogens is 300 g/mol. The van der Waals surface area contributed by atoms with Crippen molar-refractivity contribution < 1.29 is 4.74 Å². The van der Waals surface area contributed by atoms with Crippen LogP contribution in [0.1, 0.15) is 12.5 Å². The van der Waals surface area contributed by atoms with E-state index in [1.807, 2.05) is 32.0 Å². The molecular formula is C12H17BrN2OS. The van der Waals surface area contributed by atoms with Crippen LogP contribution in [0.2, 0.25) is 0 Å². The van der Waals surface area contributed by atoms with Crippen LogP contribution in [0.5, 0.6) is 0 Å². The Bertz CT molecular complexity index is 398. The van der Waals surface area contributed by atoms with Gasteiger partial charge < -0.3 is 15.4 Å². The first-order chi connectivity index (χ1) is 8.04. The minimum atomic E-state index is 0.187. The molecule has 0 bridgehead atoms. The predicted octanol–water partition coefficient (Wildman–Crippen LogP) is 3.08. The average molecular weight is 317 g/mol. The molecule has 0 fully saturated rings. The number of rotatable bonds is 4. The molecule has 0 aliphatic heterocycles. The van der Waals surface area contributed by atoms with Crippen molar-refractivity contribution in [1.29, 1.82) is 0 Å². The second-order valence-electron chi connectivity index (χ2n) is 3.87. The zero-order chi connectivity index (χ0) is 12.8. The molecule has 1 aromatic carbocycles. The standard InChI is InChI=1S/C12H17BrN2OS/c1-8(7-16-3)14-12(17)15-11-6-4-5-10(13)9(11)2/h4-6,8H,7H2,1-3H3,(H2,14,15,17). The van der Waals surface area contributed by atoms with Gasteiger partial charge in [-0.2, -0.15) is 0 Å². The Morgan fingerprint density at radius 3 is 2.88 bits per heavy atom. The molecule has 3 nitrogen and oxygen atoms in total. The van der Waals surface area contributed by atoms with Gasteiger partial charge in [0.2, 0.25) is 0 Å². The summed E-state index contributed by atoms with van der Waals surface area (Å²) in [5.41, 5.74) is 2.14. The highest BCUT2D eigenvalue weighted by atomic mass is 79.9. The topological polar surface area (TPSA) is 33.3 Å². The van der Waals surface area contributed by atoms with Crippen LogP contribution in [0, 0.1) is 6.92 Å².